The molecule has 3 rings (SSSR count). The van der Waals surface area contributed by atoms with E-state index in [-0.39, 0.29) is 11.4 Å². The zero-order valence-corrected chi connectivity index (χ0v) is 15.6. The molecule has 0 saturated carbocycles. The molecule has 0 spiro atoms. The van der Waals surface area contributed by atoms with Crippen LogP contribution in [0.3, 0.4) is 0 Å². The van der Waals surface area contributed by atoms with E-state index in [0.29, 0.717) is 28.3 Å². The van der Waals surface area contributed by atoms with Crippen LogP contribution in [-0.2, 0) is 0 Å². The van der Waals surface area contributed by atoms with Crippen LogP contribution < -0.4 is 14.9 Å². The van der Waals surface area contributed by atoms with Gasteiger partial charge in [-0.1, -0.05) is 12.1 Å². The van der Waals surface area contributed by atoms with Crippen LogP contribution in [0.15, 0.2) is 53.6 Å². The molecule has 1 aromatic heterocycles. The third-order valence-electron chi connectivity index (χ3n) is 3.96. The lowest BCUT2D eigenvalue weighted by atomic mass is 10.1. The molecular weight excluding hydrogens is 378 g/mol. The molecule has 0 radical (unpaired) electrons. The molecule has 0 aliphatic rings. The Kier molecular flexibility index (Phi) is 5.83. The number of nitro benzene ring substituents is 1. The van der Waals surface area contributed by atoms with Gasteiger partial charge in [0.15, 0.2) is 11.5 Å². The molecule has 2 aromatic carbocycles. The van der Waals surface area contributed by atoms with E-state index in [2.05, 4.69) is 20.7 Å². The summed E-state index contributed by atoms with van der Waals surface area (Å²) in [7, 11) is 3.07. The van der Waals surface area contributed by atoms with Gasteiger partial charge in [0.1, 0.15) is 5.69 Å². The van der Waals surface area contributed by atoms with Crippen molar-refractivity contribution >= 4 is 17.8 Å². The molecule has 1 amide bonds. The fourth-order valence-corrected chi connectivity index (χ4v) is 2.52. The summed E-state index contributed by atoms with van der Waals surface area (Å²) in [5, 5.41) is 21.4. The highest BCUT2D eigenvalue weighted by Gasteiger charge is 2.13. The van der Waals surface area contributed by atoms with Crippen LogP contribution in [0.2, 0.25) is 0 Å². The van der Waals surface area contributed by atoms with E-state index < -0.39 is 10.8 Å². The number of benzene rings is 2. The first-order valence-corrected chi connectivity index (χ1v) is 8.37. The second kappa shape index (κ2) is 8.65. The summed E-state index contributed by atoms with van der Waals surface area (Å²) in [5.74, 6) is 0.615. The number of carbonyl (C=O) groups is 1. The third-order valence-corrected chi connectivity index (χ3v) is 3.96. The normalized spacial score (nSPS) is 10.7. The molecule has 2 N–H and O–H groups in total. The molecule has 3 aromatic rings. The minimum Gasteiger partial charge on any atom is -0.493 e. The van der Waals surface area contributed by atoms with Crippen molar-refractivity contribution in [3.63, 3.8) is 0 Å². The Balaban J connectivity index is 1.69. The van der Waals surface area contributed by atoms with Gasteiger partial charge in [-0.3, -0.25) is 20.0 Å². The van der Waals surface area contributed by atoms with E-state index in [0.717, 1.165) is 0 Å². The number of hydrogen-bond donors (Lipinski definition) is 2. The molecule has 0 saturated heterocycles. The highest BCUT2D eigenvalue weighted by molar-refractivity contribution is 5.94. The summed E-state index contributed by atoms with van der Waals surface area (Å²) in [5.41, 5.74) is 4.11. The molecule has 148 valence electrons. The van der Waals surface area contributed by atoms with Gasteiger partial charge < -0.3 is 9.47 Å². The first-order chi connectivity index (χ1) is 14.0. The van der Waals surface area contributed by atoms with Crippen molar-refractivity contribution in [1.29, 1.82) is 0 Å². The Morgan fingerprint density at radius 1 is 1.17 bits per heavy atom. The molecule has 0 unspecified atom stereocenters. The number of hydrogen-bond acceptors (Lipinski definition) is 7. The van der Waals surface area contributed by atoms with E-state index in [4.69, 9.17) is 9.47 Å². The number of carbonyl (C=O) groups excluding carboxylic acids is 1. The Morgan fingerprint density at radius 3 is 2.69 bits per heavy atom. The zero-order chi connectivity index (χ0) is 20.8. The van der Waals surface area contributed by atoms with E-state index in [9.17, 15) is 14.9 Å². The van der Waals surface area contributed by atoms with Crippen molar-refractivity contribution in [2.45, 2.75) is 0 Å². The molecule has 0 fully saturated rings. The number of nitrogens with one attached hydrogen (secondary N) is 2. The van der Waals surface area contributed by atoms with Gasteiger partial charge in [0.05, 0.1) is 31.1 Å². The maximum Gasteiger partial charge on any atom is 0.289 e. The van der Waals surface area contributed by atoms with Crippen molar-refractivity contribution < 1.29 is 19.2 Å². The maximum absolute atomic E-state index is 12.2. The predicted molar refractivity (Wildman–Crippen MR) is 105 cm³/mol. The number of amides is 1. The van der Waals surface area contributed by atoms with Gasteiger partial charge in [0.2, 0.25) is 0 Å². The topological polar surface area (TPSA) is 132 Å². The summed E-state index contributed by atoms with van der Waals surface area (Å²) >= 11 is 0. The minimum atomic E-state index is -0.508. The smallest absolute Gasteiger partial charge is 0.289 e. The number of ether oxygens (including phenoxy) is 2. The zero-order valence-electron chi connectivity index (χ0n) is 15.6. The first kappa shape index (κ1) is 19.5. The van der Waals surface area contributed by atoms with Crippen LogP contribution in [0, 0.1) is 10.1 Å². The quantitative estimate of drug-likeness (QED) is 0.359. The summed E-state index contributed by atoms with van der Waals surface area (Å²) in [6.45, 7) is 0. The summed E-state index contributed by atoms with van der Waals surface area (Å²) < 4.78 is 10.4. The molecule has 0 bridgehead atoms. The highest BCUT2D eigenvalue weighted by atomic mass is 16.6. The Morgan fingerprint density at radius 2 is 1.97 bits per heavy atom. The Labute approximate surface area is 165 Å². The fourth-order valence-electron chi connectivity index (χ4n) is 2.52. The molecule has 10 heteroatoms. The average molecular weight is 395 g/mol. The van der Waals surface area contributed by atoms with Gasteiger partial charge in [0.25, 0.3) is 11.6 Å². The molecule has 10 nitrogen and oxygen atoms in total. The van der Waals surface area contributed by atoms with Crippen LogP contribution >= 0.6 is 0 Å². The van der Waals surface area contributed by atoms with Crippen molar-refractivity contribution in [2.75, 3.05) is 14.2 Å². The fraction of sp³-hybridized carbons (Fsp3) is 0.105. The number of aromatic nitrogens is 2. The Bertz CT molecular complexity index is 1080. The summed E-state index contributed by atoms with van der Waals surface area (Å²) in [6.07, 6.45) is 1.46. The number of hydrazone groups is 1. The molecule has 0 aliphatic heterocycles. The van der Waals surface area contributed by atoms with E-state index in [1.54, 1.807) is 30.3 Å². The minimum absolute atomic E-state index is 0.0592. The standard InChI is InChI=1S/C19H17N5O5/c1-28-17-7-6-12(8-18(17)29-2)11-20-23-19(25)16-10-15(21-22-16)13-4-3-5-14(9-13)24(26)27/h3-11H,1-2H3,(H,21,22)(H,23,25). The number of nitro groups is 1. The monoisotopic (exact) mass is 395 g/mol. The van der Waals surface area contributed by atoms with Gasteiger partial charge in [0, 0.05) is 17.7 Å². The lowest BCUT2D eigenvalue weighted by Crippen LogP contribution is -2.18. The number of rotatable bonds is 7. The van der Waals surface area contributed by atoms with Crippen LogP contribution in [0.5, 0.6) is 11.5 Å². The van der Waals surface area contributed by atoms with E-state index >= 15 is 0 Å². The summed E-state index contributed by atoms with van der Waals surface area (Å²) in [6, 6.07) is 12.7. The molecule has 0 aliphatic carbocycles. The molecule has 29 heavy (non-hydrogen) atoms. The van der Waals surface area contributed by atoms with Crippen LogP contribution in [-0.4, -0.2) is 41.5 Å². The number of nitrogens with zero attached hydrogens (tertiary/aromatic N) is 3. The molecule has 0 atom stereocenters. The predicted octanol–water partition coefficient (Wildman–Crippen LogP) is 2.77. The number of non-ortho nitro benzene ring substituents is 1. The van der Waals surface area contributed by atoms with Crippen molar-refractivity contribution in [3.8, 4) is 22.8 Å². The maximum atomic E-state index is 12.2. The second-order valence-corrected chi connectivity index (χ2v) is 5.79. The van der Waals surface area contributed by atoms with Crippen LogP contribution in [0.1, 0.15) is 16.1 Å². The number of H-pyrrole nitrogens is 1. The SMILES string of the molecule is COc1ccc(C=NNC(=O)c2cc(-c3cccc([N+](=O)[O-])c3)n[nH]2)cc1OC. The highest BCUT2D eigenvalue weighted by Crippen LogP contribution is 2.27. The van der Waals surface area contributed by atoms with Crippen LogP contribution in [0.4, 0.5) is 5.69 Å². The van der Waals surface area contributed by atoms with E-state index in [1.165, 1.54) is 38.6 Å². The van der Waals surface area contributed by atoms with Gasteiger partial charge in [-0.05, 0) is 29.8 Å². The average Bonchev–Trinajstić information content (AvgIpc) is 3.24. The second-order valence-electron chi connectivity index (χ2n) is 5.79. The Hall–Kier alpha value is -4.21. The first-order valence-electron chi connectivity index (χ1n) is 8.37. The van der Waals surface area contributed by atoms with Gasteiger partial charge >= 0.3 is 0 Å². The summed E-state index contributed by atoms with van der Waals surface area (Å²) in [4.78, 5) is 22.6. The van der Waals surface area contributed by atoms with E-state index in [1.807, 2.05) is 0 Å². The third kappa shape index (κ3) is 4.56. The lowest BCUT2D eigenvalue weighted by molar-refractivity contribution is -0.384. The lowest BCUT2D eigenvalue weighted by Gasteiger charge is -2.07. The largest absolute Gasteiger partial charge is 0.493 e. The van der Waals surface area contributed by atoms with Crippen LogP contribution in [0.25, 0.3) is 11.3 Å². The van der Waals surface area contributed by atoms with Gasteiger partial charge in [-0.2, -0.15) is 10.2 Å². The van der Waals surface area contributed by atoms with Crippen molar-refractivity contribution in [2.24, 2.45) is 5.10 Å². The number of methoxy groups -OCH3 is 2. The molecular formula is C19H17N5O5. The molecule has 1 heterocycles. The number of aromatic amines is 1. The van der Waals surface area contributed by atoms with Crippen molar-refractivity contribution in [3.05, 3.63) is 69.9 Å². The van der Waals surface area contributed by atoms with Gasteiger partial charge in [-0.15, -0.1) is 0 Å². The van der Waals surface area contributed by atoms with Crippen molar-refractivity contribution in [1.82, 2.24) is 15.6 Å². The van der Waals surface area contributed by atoms with Gasteiger partial charge in [-0.25, -0.2) is 5.43 Å².